The van der Waals surface area contributed by atoms with Crippen LogP contribution in [0.2, 0.25) is 0 Å². The minimum atomic E-state index is 0.775. The SMILES string of the molecule is CN(c1nnns1)c1ccccc1Br. The first-order valence-electron chi connectivity index (χ1n) is 3.92. The number of anilines is 2. The maximum atomic E-state index is 3.90. The zero-order valence-electron chi connectivity index (χ0n) is 7.38. The molecule has 0 bridgehead atoms. The molecule has 1 aromatic heterocycles. The van der Waals surface area contributed by atoms with Crippen LogP contribution in [0.15, 0.2) is 28.7 Å². The van der Waals surface area contributed by atoms with Crippen LogP contribution in [-0.2, 0) is 0 Å². The van der Waals surface area contributed by atoms with Crippen molar-refractivity contribution in [3.05, 3.63) is 28.7 Å². The molecule has 0 N–H and O–H groups in total. The van der Waals surface area contributed by atoms with Gasteiger partial charge < -0.3 is 4.90 Å². The van der Waals surface area contributed by atoms with Gasteiger partial charge in [-0.05, 0) is 33.3 Å². The highest BCUT2D eigenvalue weighted by atomic mass is 79.9. The minimum Gasteiger partial charge on any atom is -0.317 e. The first kappa shape index (κ1) is 9.54. The van der Waals surface area contributed by atoms with Gasteiger partial charge in [-0.25, -0.2) is 0 Å². The molecule has 0 spiro atoms. The van der Waals surface area contributed by atoms with Gasteiger partial charge in [-0.15, -0.1) is 0 Å². The molecule has 2 aromatic rings. The summed E-state index contributed by atoms with van der Waals surface area (Å²) in [5, 5.41) is 8.23. The molecule has 0 aliphatic heterocycles. The first-order chi connectivity index (χ1) is 6.79. The van der Waals surface area contributed by atoms with Gasteiger partial charge in [0.05, 0.1) is 5.69 Å². The van der Waals surface area contributed by atoms with E-state index < -0.39 is 0 Å². The molecule has 4 nitrogen and oxygen atoms in total. The fourth-order valence-electron chi connectivity index (χ4n) is 1.08. The van der Waals surface area contributed by atoms with Crippen LogP contribution in [0.1, 0.15) is 0 Å². The topological polar surface area (TPSA) is 41.9 Å². The molecule has 14 heavy (non-hydrogen) atoms. The van der Waals surface area contributed by atoms with Crippen molar-refractivity contribution in [1.29, 1.82) is 0 Å². The Hall–Kier alpha value is -1.01. The zero-order chi connectivity index (χ0) is 9.97. The van der Waals surface area contributed by atoms with E-state index in [2.05, 4.69) is 30.7 Å². The lowest BCUT2D eigenvalue weighted by Crippen LogP contribution is -2.09. The van der Waals surface area contributed by atoms with Gasteiger partial charge in [-0.3, -0.25) is 0 Å². The van der Waals surface area contributed by atoms with E-state index in [1.807, 2.05) is 36.2 Å². The molecule has 0 fully saturated rings. The van der Waals surface area contributed by atoms with E-state index in [1.165, 1.54) is 11.5 Å². The zero-order valence-corrected chi connectivity index (χ0v) is 9.79. The van der Waals surface area contributed by atoms with Crippen molar-refractivity contribution in [1.82, 2.24) is 14.8 Å². The van der Waals surface area contributed by atoms with Gasteiger partial charge in [0, 0.05) is 23.1 Å². The fourth-order valence-corrected chi connectivity index (χ4v) is 2.08. The van der Waals surface area contributed by atoms with Crippen molar-refractivity contribution < 1.29 is 0 Å². The standard InChI is InChI=1S/C8H7BrN4S/c1-13(8-10-11-12-14-8)7-5-3-2-4-6(7)9/h2-5H,1H3. The van der Waals surface area contributed by atoms with Crippen molar-refractivity contribution in [3.63, 3.8) is 0 Å². The van der Waals surface area contributed by atoms with E-state index in [1.54, 1.807) is 0 Å². The third-order valence-electron chi connectivity index (χ3n) is 1.79. The number of hydrogen-bond donors (Lipinski definition) is 0. The molecule has 0 aliphatic rings. The summed E-state index contributed by atoms with van der Waals surface area (Å²) in [6, 6.07) is 7.94. The molecular formula is C8H7BrN4S. The van der Waals surface area contributed by atoms with Crippen LogP contribution in [0.3, 0.4) is 0 Å². The number of nitrogens with zero attached hydrogens (tertiary/aromatic N) is 4. The lowest BCUT2D eigenvalue weighted by molar-refractivity contribution is 0.944. The smallest absolute Gasteiger partial charge is 0.232 e. The summed E-state index contributed by atoms with van der Waals surface area (Å²) in [7, 11) is 1.93. The molecular weight excluding hydrogens is 264 g/mol. The number of aromatic nitrogens is 3. The Kier molecular flexibility index (Phi) is 2.74. The number of halogens is 1. The van der Waals surface area contributed by atoms with Crippen LogP contribution in [-0.4, -0.2) is 21.8 Å². The number of rotatable bonds is 2. The van der Waals surface area contributed by atoms with Crippen LogP contribution < -0.4 is 4.90 Å². The van der Waals surface area contributed by atoms with Crippen molar-refractivity contribution in [2.45, 2.75) is 0 Å². The number of para-hydroxylation sites is 1. The second kappa shape index (κ2) is 4.02. The van der Waals surface area contributed by atoms with E-state index in [0.29, 0.717) is 0 Å². The average molecular weight is 271 g/mol. The minimum absolute atomic E-state index is 0.775. The Morgan fingerprint density at radius 3 is 2.79 bits per heavy atom. The van der Waals surface area contributed by atoms with E-state index in [4.69, 9.17) is 0 Å². The van der Waals surface area contributed by atoms with Crippen molar-refractivity contribution >= 4 is 38.3 Å². The third-order valence-corrected chi connectivity index (χ3v) is 3.13. The number of hydrogen-bond acceptors (Lipinski definition) is 5. The van der Waals surface area contributed by atoms with E-state index in [0.717, 1.165) is 15.3 Å². The molecule has 1 aromatic carbocycles. The highest BCUT2D eigenvalue weighted by Gasteiger charge is 2.10. The molecule has 1 heterocycles. The molecule has 0 amide bonds. The predicted octanol–water partition coefficient (Wildman–Crippen LogP) is 2.46. The molecule has 6 heteroatoms. The van der Waals surface area contributed by atoms with Gasteiger partial charge >= 0.3 is 0 Å². The molecule has 0 radical (unpaired) electrons. The second-order valence-corrected chi connectivity index (χ2v) is 4.22. The molecule has 72 valence electrons. The summed E-state index contributed by atoms with van der Waals surface area (Å²) >= 11 is 4.74. The van der Waals surface area contributed by atoms with Gasteiger partial charge in [0.2, 0.25) is 5.13 Å². The largest absolute Gasteiger partial charge is 0.317 e. The Morgan fingerprint density at radius 1 is 1.36 bits per heavy atom. The van der Waals surface area contributed by atoms with E-state index >= 15 is 0 Å². The highest BCUT2D eigenvalue weighted by molar-refractivity contribution is 9.10. The quantitative estimate of drug-likeness (QED) is 0.841. The van der Waals surface area contributed by atoms with Crippen LogP contribution in [0.4, 0.5) is 10.8 Å². The summed E-state index contributed by atoms with van der Waals surface area (Å²) in [4.78, 5) is 1.94. The Balaban J connectivity index is 2.37. The maximum absolute atomic E-state index is 3.90. The fraction of sp³-hybridized carbons (Fsp3) is 0.125. The summed E-state index contributed by atoms with van der Waals surface area (Å²) in [6.45, 7) is 0. The van der Waals surface area contributed by atoms with Crippen LogP contribution in [0.5, 0.6) is 0 Å². The molecule has 0 unspecified atom stereocenters. The lowest BCUT2D eigenvalue weighted by atomic mass is 10.3. The van der Waals surface area contributed by atoms with Crippen LogP contribution >= 0.6 is 27.5 Å². The number of benzene rings is 1. The van der Waals surface area contributed by atoms with Gasteiger partial charge in [-0.2, -0.15) is 0 Å². The summed E-state index contributed by atoms with van der Waals surface area (Å²) in [5.41, 5.74) is 1.05. The molecule has 0 aliphatic carbocycles. The van der Waals surface area contributed by atoms with Gasteiger partial charge in [0.15, 0.2) is 0 Å². The monoisotopic (exact) mass is 270 g/mol. The first-order valence-corrected chi connectivity index (χ1v) is 5.49. The van der Waals surface area contributed by atoms with E-state index in [9.17, 15) is 0 Å². The van der Waals surface area contributed by atoms with Crippen molar-refractivity contribution in [2.75, 3.05) is 11.9 Å². The molecule has 0 saturated heterocycles. The van der Waals surface area contributed by atoms with Gasteiger partial charge in [-0.1, -0.05) is 21.7 Å². The highest BCUT2D eigenvalue weighted by Crippen LogP contribution is 2.30. The van der Waals surface area contributed by atoms with Crippen LogP contribution in [0.25, 0.3) is 0 Å². The maximum Gasteiger partial charge on any atom is 0.232 e. The van der Waals surface area contributed by atoms with E-state index in [-0.39, 0.29) is 0 Å². The van der Waals surface area contributed by atoms with Crippen molar-refractivity contribution in [3.8, 4) is 0 Å². The Labute approximate surface area is 93.9 Å². The second-order valence-electron chi connectivity index (χ2n) is 2.66. The Morgan fingerprint density at radius 2 is 2.14 bits per heavy atom. The molecule has 0 saturated carbocycles. The van der Waals surface area contributed by atoms with Crippen LogP contribution in [0, 0.1) is 0 Å². The normalized spacial score (nSPS) is 10.1. The average Bonchev–Trinajstić information content (AvgIpc) is 2.70. The summed E-state index contributed by atoms with van der Waals surface area (Å²) in [5.74, 6) is 0. The molecule has 2 rings (SSSR count). The van der Waals surface area contributed by atoms with Gasteiger partial charge in [0.25, 0.3) is 0 Å². The Bertz CT molecular complexity index is 417. The summed E-state index contributed by atoms with van der Waals surface area (Å²) in [6.07, 6.45) is 0. The lowest BCUT2D eigenvalue weighted by Gasteiger charge is -2.15. The van der Waals surface area contributed by atoms with Crippen molar-refractivity contribution in [2.24, 2.45) is 0 Å². The summed E-state index contributed by atoms with van der Waals surface area (Å²) < 4.78 is 4.75. The predicted molar refractivity (Wildman–Crippen MR) is 59.9 cm³/mol. The van der Waals surface area contributed by atoms with Gasteiger partial charge in [0.1, 0.15) is 0 Å². The third kappa shape index (κ3) is 1.76. The molecule has 0 atom stereocenters.